The van der Waals surface area contributed by atoms with Gasteiger partial charge in [0.25, 0.3) is 0 Å². The van der Waals surface area contributed by atoms with Crippen molar-refractivity contribution in [2.24, 2.45) is 40.2 Å². The first-order chi connectivity index (χ1) is 10.4. The molecule has 0 amide bonds. The van der Waals surface area contributed by atoms with Gasteiger partial charge in [0.05, 0.1) is 12.2 Å². The minimum absolute atomic E-state index is 0.0754. The lowest BCUT2D eigenvalue weighted by Gasteiger charge is -2.56. The Morgan fingerprint density at radius 2 is 1.82 bits per heavy atom. The first kappa shape index (κ1) is 14.9. The number of hydrogen-bond donors (Lipinski definition) is 3. The van der Waals surface area contributed by atoms with E-state index in [-0.39, 0.29) is 29.1 Å². The number of aliphatic hydroxyl groups excluding tert-OH is 2. The van der Waals surface area contributed by atoms with E-state index >= 15 is 0 Å². The zero-order valence-electron chi connectivity index (χ0n) is 13.7. The molecule has 4 rings (SSSR count). The van der Waals surface area contributed by atoms with Gasteiger partial charge in [-0.2, -0.15) is 0 Å². The van der Waals surface area contributed by atoms with Crippen molar-refractivity contribution in [3.63, 3.8) is 0 Å². The minimum atomic E-state index is -0.351. The standard InChI is InChI=1S/C19H29NO2/c1-18-7-5-12(21)9-11(18)3-4-13-14(18)6-8-19(2)15(13)10-16(22)17(19)20/h3-5,7,11-17,21-22H,6,8-10,20H2,1-2H3/t11?,12-,13+,14-,15-,16-,17-,18-,19-/m0/s1. The predicted octanol–water partition coefficient (Wildman–Crippen LogP) is 2.24. The number of rotatable bonds is 0. The molecule has 2 fully saturated rings. The topological polar surface area (TPSA) is 66.5 Å². The van der Waals surface area contributed by atoms with Gasteiger partial charge in [-0.05, 0) is 60.2 Å². The molecule has 0 spiro atoms. The van der Waals surface area contributed by atoms with Crippen LogP contribution in [-0.4, -0.2) is 28.5 Å². The quantitative estimate of drug-likeness (QED) is 0.601. The summed E-state index contributed by atoms with van der Waals surface area (Å²) < 4.78 is 0. The van der Waals surface area contributed by atoms with Crippen molar-refractivity contribution in [1.82, 2.24) is 0 Å². The summed E-state index contributed by atoms with van der Waals surface area (Å²) in [5.74, 6) is 2.06. The molecule has 0 aliphatic heterocycles. The second-order valence-electron chi connectivity index (χ2n) is 8.68. The molecule has 2 saturated carbocycles. The van der Waals surface area contributed by atoms with Crippen molar-refractivity contribution in [3.8, 4) is 0 Å². The summed E-state index contributed by atoms with van der Waals surface area (Å²) in [6, 6.07) is -0.0823. The molecule has 4 aliphatic carbocycles. The Labute approximate surface area is 133 Å². The zero-order valence-corrected chi connectivity index (χ0v) is 13.7. The van der Waals surface area contributed by atoms with Gasteiger partial charge in [0, 0.05) is 6.04 Å². The van der Waals surface area contributed by atoms with E-state index in [9.17, 15) is 10.2 Å². The van der Waals surface area contributed by atoms with E-state index in [2.05, 4.69) is 32.1 Å². The number of allylic oxidation sites excluding steroid dienone is 3. The van der Waals surface area contributed by atoms with Crippen molar-refractivity contribution in [2.75, 3.05) is 0 Å². The van der Waals surface area contributed by atoms with Gasteiger partial charge in [-0.15, -0.1) is 0 Å². The monoisotopic (exact) mass is 303 g/mol. The Morgan fingerprint density at radius 3 is 2.59 bits per heavy atom. The second kappa shape index (κ2) is 4.68. The minimum Gasteiger partial charge on any atom is -0.391 e. The molecule has 0 saturated heterocycles. The maximum absolute atomic E-state index is 10.3. The molecular formula is C19H29NO2. The fourth-order valence-corrected chi connectivity index (χ4v) is 6.23. The summed E-state index contributed by atoms with van der Waals surface area (Å²) >= 11 is 0. The first-order valence-electron chi connectivity index (χ1n) is 8.85. The molecule has 3 nitrogen and oxygen atoms in total. The number of hydrogen-bond acceptors (Lipinski definition) is 3. The third-order valence-corrected chi connectivity index (χ3v) is 7.78. The Balaban J connectivity index is 1.71. The van der Waals surface area contributed by atoms with Crippen LogP contribution in [0, 0.1) is 34.5 Å². The summed E-state index contributed by atoms with van der Waals surface area (Å²) in [6.45, 7) is 4.66. The van der Waals surface area contributed by atoms with Crippen LogP contribution in [0.1, 0.15) is 39.5 Å². The number of fused-ring (bicyclic) bond motifs is 5. The SMILES string of the molecule is C[C@]12CC[C@H]3[C@@H](C=CC4C[C@@H](O)C=C[C@@]43C)[C@@H]1C[C@H](O)[C@@H]2N. The molecule has 0 aromatic carbocycles. The average molecular weight is 303 g/mol. The van der Waals surface area contributed by atoms with Crippen LogP contribution in [0.3, 0.4) is 0 Å². The first-order valence-corrected chi connectivity index (χ1v) is 8.85. The van der Waals surface area contributed by atoms with E-state index in [1.165, 1.54) is 6.42 Å². The van der Waals surface area contributed by atoms with Crippen LogP contribution in [0.4, 0.5) is 0 Å². The maximum Gasteiger partial charge on any atom is 0.0727 e. The molecule has 3 heteroatoms. The zero-order chi connectivity index (χ0) is 15.7. The van der Waals surface area contributed by atoms with Crippen molar-refractivity contribution in [2.45, 2.75) is 57.8 Å². The lowest BCUT2D eigenvalue weighted by Crippen LogP contribution is -2.53. The fourth-order valence-electron chi connectivity index (χ4n) is 6.23. The van der Waals surface area contributed by atoms with Gasteiger partial charge in [0.15, 0.2) is 0 Å². The lowest BCUT2D eigenvalue weighted by atomic mass is 9.48. The van der Waals surface area contributed by atoms with Gasteiger partial charge < -0.3 is 15.9 Å². The van der Waals surface area contributed by atoms with E-state index in [1.54, 1.807) is 0 Å². The molecule has 0 aromatic heterocycles. The Bertz CT molecular complexity index is 530. The normalized spacial score (nSPS) is 59.8. The highest BCUT2D eigenvalue weighted by molar-refractivity contribution is 5.25. The molecule has 4 aliphatic rings. The van der Waals surface area contributed by atoms with Crippen molar-refractivity contribution in [3.05, 3.63) is 24.3 Å². The van der Waals surface area contributed by atoms with Crippen molar-refractivity contribution < 1.29 is 10.2 Å². The van der Waals surface area contributed by atoms with E-state index < -0.39 is 0 Å². The van der Waals surface area contributed by atoms with E-state index in [1.807, 2.05) is 6.08 Å². The summed E-state index contributed by atoms with van der Waals surface area (Å²) in [5, 5.41) is 20.3. The third kappa shape index (κ3) is 1.79. The molecule has 0 aromatic rings. The molecule has 0 radical (unpaired) electrons. The van der Waals surface area contributed by atoms with Gasteiger partial charge in [-0.1, -0.05) is 38.2 Å². The van der Waals surface area contributed by atoms with Gasteiger partial charge in [-0.3, -0.25) is 0 Å². The van der Waals surface area contributed by atoms with Gasteiger partial charge >= 0.3 is 0 Å². The Morgan fingerprint density at radius 1 is 1.05 bits per heavy atom. The van der Waals surface area contributed by atoms with Gasteiger partial charge in [0.2, 0.25) is 0 Å². The number of aliphatic hydroxyl groups is 2. The number of nitrogens with two attached hydrogens (primary N) is 1. The van der Waals surface area contributed by atoms with Crippen LogP contribution in [-0.2, 0) is 0 Å². The van der Waals surface area contributed by atoms with Gasteiger partial charge in [0.1, 0.15) is 0 Å². The van der Waals surface area contributed by atoms with Crippen molar-refractivity contribution in [1.29, 1.82) is 0 Å². The predicted molar refractivity (Wildman–Crippen MR) is 86.9 cm³/mol. The van der Waals surface area contributed by atoms with E-state index in [0.717, 1.165) is 19.3 Å². The summed E-state index contributed by atoms with van der Waals surface area (Å²) in [5.41, 5.74) is 6.58. The molecule has 22 heavy (non-hydrogen) atoms. The molecule has 9 atom stereocenters. The van der Waals surface area contributed by atoms with Crippen LogP contribution < -0.4 is 5.73 Å². The van der Waals surface area contributed by atoms with Crippen LogP contribution in [0.25, 0.3) is 0 Å². The highest BCUT2D eigenvalue weighted by atomic mass is 16.3. The highest BCUT2D eigenvalue weighted by Gasteiger charge is 2.59. The fraction of sp³-hybridized carbons (Fsp3) is 0.789. The van der Waals surface area contributed by atoms with E-state index in [4.69, 9.17) is 5.73 Å². The lowest BCUT2D eigenvalue weighted by molar-refractivity contribution is -0.0233. The molecule has 0 heterocycles. The third-order valence-electron chi connectivity index (χ3n) is 7.78. The molecule has 0 bridgehead atoms. The highest BCUT2D eigenvalue weighted by Crippen LogP contribution is 2.63. The summed E-state index contributed by atoms with van der Waals surface area (Å²) in [6.07, 6.45) is 12.3. The molecular weight excluding hydrogens is 274 g/mol. The molecule has 122 valence electrons. The molecule has 4 N–H and O–H groups in total. The molecule has 1 unspecified atom stereocenters. The smallest absolute Gasteiger partial charge is 0.0727 e. The Hall–Kier alpha value is -0.640. The van der Waals surface area contributed by atoms with E-state index in [0.29, 0.717) is 23.7 Å². The summed E-state index contributed by atoms with van der Waals surface area (Å²) in [7, 11) is 0. The van der Waals surface area contributed by atoms with Crippen LogP contribution >= 0.6 is 0 Å². The Kier molecular flexibility index (Phi) is 3.18. The average Bonchev–Trinajstić information content (AvgIpc) is 2.72. The van der Waals surface area contributed by atoms with Crippen LogP contribution in [0.5, 0.6) is 0 Å². The van der Waals surface area contributed by atoms with Crippen molar-refractivity contribution >= 4 is 0 Å². The van der Waals surface area contributed by atoms with Crippen LogP contribution in [0.15, 0.2) is 24.3 Å². The van der Waals surface area contributed by atoms with Gasteiger partial charge in [-0.25, -0.2) is 0 Å². The maximum atomic E-state index is 10.3. The largest absolute Gasteiger partial charge is 0.391 e. The second-order valence-corrected chi connectivity index (χ2v) is 8.68. The van der Waals surface area contributed by atoms with Crippen LogP contribution in [0.2, 0.25) is 0 Å². The summed E-state index contributed by atoms with van der Waals surface area (Å²) in [4.78, 5) is 0.